The lowest BCUT2D eigenvalue weighted by Crippen LogP contribution is -2.35. The molecule has 0 aliphatic carbocycles. The van der Waals surface area contributed by atoms with E-state index in [0.717, 1.165) is 31.7 Å². The number of hydrogen-bond donors (Lipinski definition) is 2. The van der Waals surface area contributed by atoms with Crippen LogP contribution in [0.2, 0.25) is 0 Å². The summed E-state index contributed by atoms with van der Waals surface area (Å²) >= 11 is 0. The number of piperidine rings is 1. The molecule has 0 aromatic heterocycles. The van der Waals surface area contributed by atoms with Crippen molar-refractivity contribution in [2.45, 2.75) is 19.8 Å². The molecule has 1 aliphatic rings. The molecule has 2 rings (SSSR count). The first-order valence-electron chi connectivity index (χ1n) is 6.80. The number of ether oxygens (including phenoxy) is 1. The Morgan fingerprint density at radius 2 is 1.94 bits per heavy atom. The average Bonchev–Trinajstić information content (AvgIpc) is 2.43. The van der Waals surface area contributed by atoms with Gasteiger partial charge in [0.25, 0.3) is 0 Å². The van der Waals surface area contributed by atoms with E-state index in [-0.39, 0.29) is 12.5 Å². The van der Waals surface area contributed by atoms with Crippen LogP contribution >= 0.6 is 0 Å². The Kier molecular flexibility index (Phi) is 5.02. The Balaban J connectivity index is 1.84. The van der Waals surface area contributed by atoms with Crippen LogP contribution in [0, 0.1) is 18.8 Å². The van der Waals surface area contributed by atoms with Gasteiger partial charge in [0, 0.05) is 12.5 Å². The van der Waals surface area contributed by atoms with Crippen LogP contribution in [-0.4, -0.2) is 31.4 Å². The van der Waals surface area contributed by atoms with E-state index in [4.69, 9.17) is 4.74 Å². The van der Waals surface area contributed by atoms with Crippen LogP contribution in [0.5, 0.6) is 5.75 Å². The van der Waals surface area contributed by atoms with Gasteiger partial charge in [-0.05, 0) is 50.9 Å². The maximum atomic E-state index is 9.50. The fourth-order valence-corrected chi connectivity index (χ4v) is 2.49. The number of aliphatic hydroxyl groups is 1. The highest BCUT2D eigenvalue weighted by Crippen LogP contribution is 2.23. The minimum atomic E-state index is 0.219. The van der Waals surface area contributed by atoms with E-state index >= 15 is 0 Å². The van der Waals surface area contributed by atoms with Gasteiger partial charge < -0.3 is 15.2 Å². The van der Waals surface area contributed by atoms with E-state index in [1.54, 1.807) is 0 Å². The molecule has 18 heavy (non-hydrogen) atoms. The standard InChI is InChI=1S/C15H23NO2/c1-12-2-4-15(5-3-12)18-11-14(10-17)13-6-8-16-9-7-13/h2-5,13-14,16-17H,6-11H2,1H3. The van der Waals surface area contributed by atoms with Crippen molar-refractivity contribution in [1.82, 2.24) is 5.32 Å². The Hall–Kier alpha value is -1.06. The first-order valence-corrected chi connectivity index (χ1v) is 6.80. The van der Waals surface area contributed by atoms with Gasteiger partial charge >= 0.3 is 0 Å². The average molecular weight is 249 g/mol. The number of rotatable bonds is 5. The lowest BCUT2D eigenvalue weighted by Gasteiger charge is -2.29. The molecule has 0 radical (unpaired) electrons. The predicted molar refractivity (Wildman–Crippen MR) is 72.8 cm³/mol. The predicted octanol–water partition coefficient (Wildman–Crippen LogP) is 1.98. The normalized spacial score (nSPS) is 18.6. The molecule has 3 nitrogen and oxygen atoms in total. The molecule has 1 fully saturated rings. The molecule has 1 aliphatic heterocycles. The molecule has 1 unspecified atom stereocenters. The SMILES string of the molecule is Cc1ccc(OCC(CO)C2CCNCC2)cc1. The van der Waals surface area contributed by atoms with E-state index in [1.807, 2.05) is 24.3 Å². The first-order chi connectivity index (χ1) is 8.79. The van der Waals surface area contributed by atoms with Gasteiger partial charge in [-0.3, -0.25) is 0 Å². The maximum Gasteiger partial charge on any atom is 0.119 e. The fraction of sp³-hybridized carbons (Fsp3) is 0.600. The Morgan fingerprint density at radius 1 is 1.28 bits per heavy atom. The van der Waals surface area contributed by atoms with E-state index in [9.17, 15) is 5.11 Å². The Labute approximate surface area is 109 Å². The van der Waals surface area contributed by atoms with Gasteiger partial charge in [0.15, 0.2) is 0 Å². The molecule has 0 amide bonds. The molecule has 0 bridgehead atoms. The van der Waals surface area contributed by atoms with Gasteiger partial charge in [0.2, 0.25) is 0 Å². The molecule has 2 N–H and O–H groups in total. The molecule has 100 valence electrons. The highest BCUT2D eigenvalue weighted by atomic mass is 16.5. The lowest BCUT2D eigenvalue weighted by atomic mass is 9.86. The van der Waals surface area contributed by atoms with E-state index in [0.29, 0.717) is 12.5 Å². The zero-order valence-corrected chi connectivity index (χ0v) is 11.1. The van der Waals surface area contributed by atoms with Crippen LogP contribution < -0.4 is 10.1 Å². The van der Waals surface area contributed by atoms with E-state index in [1.165, 1.54) is 5.56 Å². The molecular weight excluding hydrogens is 226 g/mol. The Morgan fingerprint density at radius 3 is 2.56 bits per heavy atom. The number of nitrogens with one attached hydrogen (secondary N) is 1. The first kappa shape index (κ1) is 13.4. The van der Waals surface area contributed by atoms with Gasteiger partial charge in [-0.2, -0.15) is 0 Å². The van der Waals surface area contributed by atoms with Crippen LogP contribution in [0.25, 0.3) is 0 Å². The monoisotopic (exact) mass is 249 g/mol. The van der Waals surface area contributed by atoms with E-state index in [2.05, 4.69) is 12.2 Å². The topological polar surface area (TPSA) is 41.5 Å². The third-order valence-corrected chi connectivity index (χ3v) is 3.77. The van der Waals surface area contributed by atoms with Crippen molar-refractivity contribution in [2.75, 3.05) is 26.3 Å². The third-order valence-electron chi connectivity index (χ3n) is 3.77. The molecule has 3 heteroatoms. The van der Waals surface area contributed by atoms with Crippen molar-refractivity contribution in [1.29, 1.82) is 0 Å². The van der Waals surface area contributed by atoms with E-state index < -0.39 is 0 Å². The van der Waals surface area contributed by atoms with Gasteiger partial charge in [-0.1, -0.05) is 17.7 Å². The second kappa shape index (κ2) is 6.76. The molecular formula is C15H23NO2. The Bertz CT molecular complexity index is 344. The van der Waals surface area contributed by atoms with Gasteiger partial charge in [0.05, 0.1) is 6.61 Å². The van der Waals surface area contributed by atoms with Gasteiger partial charge in [-0.15, -0.1) is 0 Å². The van der Waals surface area contributed by atoms with Crippen LogP contribution in [0.15, 0.2) is 24.3 Å². The largest absolute Gasteiger partial charge is 0.493 e. The molecule has 1 aromatic rings. The molecule has 1 saturated heterocycles. The van der Waals surface area contributed by atoms with Gasteiger partial charge in [0.1, 0.15) is 5.75 Å². The summed E-state index contributed by atoms with van der Waals surface area (Å²) in [5.41, 5.74) is 1.24. The smallest absolute Gasteiger partial charge is 0.119 e. The summed E-state index contributed by atoms with van der Waals surface area (Å²) in [7, 11) is 0. The second-order valence-corrected chi connectivity index (χ2v) is 5.15. The van der Waals surface area contributed by atoms with Crippen LogP contribution in [-0.2, 0) is 0 Å². The number of benzene rings is 1. The summed E-state index contributed by atoms with van der Waals surface area (Å²) in [6, 6.07) is 8.08. The zero-order chi connectivity index (χ0) is 12.8. The molecule has 0 saturated carbocycles. The number of aliphatic hydroxyl groups excluding tert-OH is 1. The summed E-state index contributed by atoms with van der Waals surface area (Å²) in [5, 5.41) is 12.9. The summed E-state index contributed by atoms with van der Waals surface area (Å²) in [6.07, 6.45) is 2.28. The minimum Gasteiger partial charge on any atom is -0.493 e. The van der Waals surface area contributed by atoms with Crippen LogP contribution in [0.3, 0.4) is 0 Å². The lowest BCUT2D eigenvalue weighted by molar-refractivity contribution is 0.102. The molecule has 1 aromatic carbocycles. The number of hydrogen-bond acceptors (Lipinski definition) is 3. The fourth-order valence-electron chi connectivity index (χ4n) is 2.49. The van der Waals surface area contributed by atoms with Crippen molar-refractivity contribution < 1.29 is 9.84 Å². The van der Waals surface area contributed by atoms with Crippen molar-refractivity contribution in [2.24, 2.45) is 11.8 Å². The zero-order valence-electron chi connectivity index (χ0n) is 11.1. The quantitative estimate of drug-likeness (QED) is 0.838. The highest BCUT2D eigenvalue weighted by Gasteiger charge is 2.23. The van der Waals surface area contributed by atoms with Crippen molar-refractivity contribution in [3.05, 3.63) is 29.8 Å². The highest BCUT2D eigenvalue weighted by molar-refractivity contribution is 5.26. The summed E-state index contributed by atoms with van der Waals surface area (Å²) in [4.78, 5) is 0. The number of aryl methyl sites for hydroxylation is 1. The van der Waals surface area contributed by atoms with Crippen LogP contribution in [0.1, 0.15) is 18.4 Å². The second-order valence-electron chi connectivity index (χ2n) is 5.15. The van der Waals surface area contributed by atoms with Gasteiger partial charge in [-0.25, -0.2) is 0 Å². The summed E-state index contributed by atoms with van der Waals surface area (Å²) in [5.74, 6) is 1.74. The van der Waals surface area contributed by atoms with Crippen molar-refractivity contribution in [3.8, 4) is 5.75 Å². The third kappa shape index (κ3) is 3.72. The minimum absolute atomic E-state index is 0.219. The molecule has 1 atom stereocenters. The molecule has 1 heterocycles. The summed E-state index contributed by atoms with van der Waals surface area (Å²) in [6.45, 7) is 5.02. The molecule has 0 spiro atoms. The van der Waals surface area contributed by atoms with Crippen molar-refractivity contribution in [3.63, 3.8) is 0 Å². The summed E-state index contributed by atoms with van der Waals surface area (Å²) < 4.78 is 5.79. The maximum absolute atomic E-state index is 9.50. The van der Waals surface area contributed by atoms with Crippen molar-refractivity contribution >= 4 is 0 Å². The van der Waals surface area contributed by atoms with Crippen LogP contribution in [0.4, 0.5) is 0 Å².